The highest BCUT2D eigenvalue weighted by molar-refractivity contribution is 6.32. The maximum absolute atomic E-state index is 13.6. The molecule has 0 saturated heterocycles. The highest BCUT2D eigenvalue weighted by atomic mass is 35.5. The van der Waals surface area contributed by atoms with E-state index in [1.807, 2.05) is 26.0 Å². The van der Waals surface area contributed by atoms with E-state index in [1.165, 1.54) is 30.3 Å². The summed E-state index contributed by atoms with van der Waals surface area (Å²) in [6.07, 6.45) is 1.43. The van der Waals surface area contributed by atoms with E-state index in [2.05, 4.69) is 6.07 Å². The molecule has 0 aromatic heterocycles. The largest absolute Gasteiger partial charge is 0.487 e. The molecule has 42 heavy (non-hydrogen) atoms. The number of halogens is 2. The summed E-state index contributed by atoms with van der Waals surface area (Å²) in [5.41, 5.74) is 12.4. The van der Waals surface area contributed by atoms with Crippen LogP contribution < -0.4 is 15.4 Å². The Bertz CT molecular complexity index is 1760. The normalized spacial score (nSPS) is 16.8. The molecule has 0 saturated carbocycles. The summed E-state index contributed by atoms with van der Waals surface area (Å²) in [6, 6.07) is 14.5. The zero-order valence-corrected chi connectivity index (χ0v) is 24.1. The van der Waals surface area contributed by atoms with Gasteiger partial charge in [0, 0.05) is 29.8 Å². The Morgan fingerprint density at radius 3 is 2.62 bits per heavy atom. The summed E-state index contributed by atoms with van der Waals surface area (Å²) in [5, 5.41) is 22.2. The first-order valence-corrected chi connectivity index (χ1v) is 13.8. The second-order valence-corrected chi connectivity index (χ2v) is 11.0. The maximum atomic E-state index is 13.6. The van der Waals surface area contributed by atoms with E-state index >= 15 is 0 Å². The predicted octanol–water partition coefficient (Wildman–Crippen LogP) is 7.20. The molecule has 1 aliphatic heterocycles. The minimum absolute atomic E-state index is 0.0913. The third-order valence-electron chi connectivity index (χ3n) is 7.85. The van der Waals surface area contributed by atoms with Gasteiger partial charge >= 0.3 is 0 Å². The minimum atomic E-state index is -0.721. The molecule has 0 fully saturated rings. The number of non-ortho nitro benzene ring substituents is 1. The number of allylic oxidation sites excluding steroid dienone is 3. The molecule has 0 spiro atoms. The lowest BCUT2D eigenvalue weighted by molar-refractivity contribution is -0.384. The molecule has 0 bridgehead atoms. The van der Waals surface area contributed by atoms with Gasteiger partial charge in [-0.3, -0.25) is 19.8 Å². The molecule has 1 unspecified atom stereocenters. The molecule has 1 aliphatic carbocycles. The van der Waals surface area contributed by atoms with Crippen molar-refractivity contribution >= 4 is 28.8 Å². The van der Waals surface area contributed by atoms with Crippen molar-refractivity contribution in [1.29, 1.82) is 5.26 Å². The van der Waals surface area contributed by atoms with Gasteiger partial charge in [0.05, 0.1) is 33.2 Å². The molecule has 10 heteroatoms. The smallest absolute Gasteiger partial charge is 0.271 e. The second-order valence-electron chi connectivity index (χ2n) is 10.5. The third-order valence-corrected chi connectivity index (χ3v) is 8.14. The van der Waals surface area contributed by atoms with Crippen molar-refractivity contribution in [3.05, 3.63) is 120 Å². The standard InChI is InChI=1S/C32H28ClFN4O4/c1-17-11-20(16-42-29-10-8-21(34)13-25(29)33)19(3)23(12-17)30-24(15-35)32(36)37(26-5-4-6-28(39)31(26)30)27-14-22(38(40)41)9-7-18(27)2/h7-14,30H,4-6,16,36H2,1-3H3. The number of nitriles is 1. The van der Waals surface area contributed by atoms with Crippen molar-refractivity contribution in [2.45, 2.75) is 52.6 Å². The second kappa shape index (κ2) is 11.3. The topological polar surface area (TPSA) is 122 Å². The fraction of sp³-hybridized carbons (Fsp3) is 0.250. The van der Waals surface area contributed by atoms with Crippen LogP contribution in [0.25, 0.3) is 0 Å². The van der Waals surface area contributed by atoms with E-state index in [1.54, 1.807) is 17.9 Å². The average Bonchev–Trinajstić information content (AvgIpc) is 2.94. The zero-order valence-electron chi connectivity index (χ0n) is 23.3. The van der Waals surface area contributed by atoms with E-state index in [-0.39, 0.29) is 34.5 Å². The lowest BCUT2D eigenvalue weighted by Crippen LogP contribution is -2.39. The summed E-state index contributed by atoms with van der Waals surface area (Å²) in [6.45, 7) is 5.74. The number of nitrogens with two attached hydrogens (primary N) is 1. The van der Waals surface area contributed by atoms with Gasteiger partial charge in [-0.1, -0.05) is 35.4 Å². The van der Waals surface area contributed by atoms with Crippen LogP contribution in [0.2, 0.25) is 5.02 Å². The lowest BCUT2D eigenvalue weighted by atomic mass is 9.73. The number of anilines is 1. The van der Waals surface area contributed by atoms with E-state index < -0.39 is 16.7 Å². The van der Waals surface area contributed by atoms with E-state index in [9.17, 15) is 24.6 Å². The van der Waals surface area contributed by atoms with Crippen molar-refractivity contribution in [2.75, 3.05) is 4.90 Å². The number of aryl methyl sites for hydroxylation is 2. The molecular weight excluding hydrogens is 559 g/mol. The van der Waals surface area contributed by atoms with Gasteiger partial charge in [-0.05, 0) is 74.1 Å². The first-order chi connectivity index (χ1) is 20.0. The van der Waals surface area contributed by atoms with Crippen molar-refractivity contribution in [1.82, 2.24) is 0 Å². The number of nitro groups is 1. The molecule has 5 rings (SSSR count). The number of benzene rings is 3. The predicted molar refractivity (Wildman–Crippen MR) is 157 cm³/mol. The molecule has 2 aliphatic rings. The highest BCUT2D eigenvalue weighted by Crippen LogP contribution is 2.48. The summed E-state index contributed by atoms with van der Waals surface area (Å²) < 4.78 is 19.5. The monoisotopic (exact) mass is 586 g/mol. The Labute approximate surface area is 247 Å². The van der Waals surface area contributed by atoms with Crippen LogP contribution in [0.3, 0.4) is 0 Å². The quantitative estimate of drug-likeness (QED) is 0.239. The molecule has 2 N–H and O–H groups in total. The number of hydrogen-bond donors (Lipinski definition) is 1. The molecule has 3 aromatic rings. The first kappa shape index (κ1) is 28.8. The van der Waals surface area contributed by atoms with Crippen LogP contribution in [-0.4, -0.2) is 10.7 Å². The van der Waals surface area contributed by atoms with Gasteiger partial charge in [-0.15, -0.1) is 0 Å². The highest BCUT2D eigenvalue weighted by Gasteiger charge is 2.41. The van der Waals surface area contributed by atoms with Crippen LogP contribution in [-0.2, 0) is 11.4 Å². The molecule has 0 radical (unpaired) electrons. The number of nitro benzene ring substituents is 1. The number of nitrogens with zero attached hydrogens (tertiary/aromatic N) is 3. The van der Waals surface area contributed by atoms with Crippen molar-refractivity contribution in [3.8, 4) is 11.8 Å². The first-order valence-electron chi connectivity index (χ1n) is 13.4. The van der Waals surface area contributed by atoms with Gasteiger partial charge in [0.1, 0.15) is 24.0 Å². The summed E-state index contributed by atoms with van der Waals surface area (Å²) in [5.74, 6) is -0.818. The van der Waals surface area contributed by atoms with Crippen molar-refractivity contribution in [2.24, 2.45) is 5.73 Å². The summed E-state index contributed by atoms with van der Waals surface area (Å²) in [4.78, 5) is 26.4. The Hall–Kier alpha value is -4.68. The van der Waals surface area contributed by atoms with Crippen LogP contribution in [0.4, 0.5) is 15.8 Å². The Balaban J connectivity index is 1.66. The minimum Gasteiger partial charge on any atom is -0.487 e. The van der Waals surface area contributed by atoms with Crippen LogP contribution in [0.5, 0.6) is 5.75 Å². The SMILES string of the molecule is Cc1cc(COc2ccc(F)cc2Cl)c(C)c(C2C(C#N)=C(N)N(c3cc([N+](=O)[O-])ccc3C)C3=C2C(=O)CCC3)c1. The number of rotatable bonds is 6. The van der Waals surface area contributed by atoms with E-state index in [0.717, 1.165) is 27.8 Å². The fourth-order valence-corrected chi connectivity index (χ4v) is 6.01. The maximum Gasteiger partial charge on any atom is 0.271 e. The van der Waals surface area contributed by atoms with Crippen LogP contribution in [0.1, 0.15) is 53.0 Å². The van der Waals surface area contributed by atoms with Gasteiger partial charge < -0.3 is 10.5 Å². The van der Waals surface area contributed by atoms with Gasteiger partial charge in [-0.2, -0.15) is 5.26 Å². The van der Waals surface area contributed by atoms with Crippen molar-refractivity contribution in [3.63, 3.8) is 0 Å². The van der Waals surface area contributed by atoms with Gasteiger partial charge in [0.15, 0.2) is 5.78 Å². The van der Waals surface area contributed by atoms with Crippen LogP contribution in [0.15, 0.2) is 71.2 Å². The molecule has 0 amide bonds. The van der Waals surface area contributed by atoms with Crippen LogP contribution >= 0.6 is 11.6 Å². The summed E-state index contributed by atoms with van der Waals surface area (Å²) >= 11 is 6.16. The number of carbonyl (C=O) groups is 1. The number of hydrogen-bond acceptors (Lipinski definition) is 7. The zero-order chi connectivity index (χ0) is 30.3. The Kier molecular flexibility index (Phi) is 7.76. The molecular formula is C32H28ClFN4O4. The van der Waals surface area contributed by atoms with Gasteiger partial charge in [-0.25, -0.2) is 4.39 Å². The van der Waals surface area contributed by atoms with Crippen molar-refractivity contribution < 1.29 is 18.8 Å². The number of Topliss-reactive ketones (excluding diaryl/α,β-unsaturated/α-hetero) is 1. The van der Waals surface area contributed by atoms with E-state index in [0.29, 0.717) is 42.0 Å². The molecule has 8 nitrogen and oxygen atoms in total. The molecule has 214 valence electrons. The number of ether oxygens (including phenoxy) is 1. The number of ketones is 1. The fourth-order valence-electron chi connectivity index (χ4n) is 5.79. The van der Waals surface area contributed by atoms with Gasteiger partial charge in [0.25, 0.3) is 5.69 Å². The summed E-state index contributed by atoms with van der Waals surface area (Å²) in [7, 11) is 0. The van der Waals surface area contributed by atoms with Crippen LogP contribution in [0, 0.1) is 48.0 Å². The molecule has 3 aromatic carbocycles. The Morgan fingerprint density at radius 2 is 1.93 bits per heavy atom. The molecule has 1 heterocycles. The number of carbonyl (C=O) groups excluding carboxylic acids is 1. The lowest BCUT2D eigenvalue weighted by Gasteiger charge is -2.40. The molecule has 1 atom stereocenters. The van der Waals surface area contributed by atoms with E-state index in [4.69, 9.17) is 22.1 Å². The van der Waals surface area contributed by atoms with Gasteiger partial charge in [0.2, 0.25) is 0 Å². The Morgan fingerprint density at radius 1 is 1.17 bits per heavy atom. The third kappa shape index (κ3) is 5.10. The average molecular weight is 587 g/mol.